The number of carbonyl (C=O) groups is 4. The summed E-state index contributed by atoms with van der Waals surface area (Å²) in [5.74, 6) is -0.284. The molecule has 0 N–H and O–H groups in total. The van der Waals surface area contributed by atoms with Gasteiger partial charge in [-0.1, -0.05) is 154 Å². The molecule has 6 aromatic rings. The molecule has 0 saturated heterocycles. The Morgan fingerprint density at radius 3 is 1.01 bits per heavy atom. The van der Waals surface area contributed by atoms with Crippen LogP contribution in [0, 0.1) is 0 Å². The van der Waals surface area contributed by atoms with Crippen LogP contribution in [0.1, 0.15) is 189 Å². The number of esters is 4. The molecule has 374 valence electrons. The maximum atomic E-state index is 13.1. The molecule has 0 aliphatic carbocycles. The average molecular weight is 961 g/mol. The second-order valence-electron chi connectivity index (χ2n) is 18.5. The van der Waals surface area contributed by atoms with Crippen LogP contribution in [0.4, 0.5) is 0 Å². The van der Waals surface area contributed by atoms with Crippen LogP contribution < -0.4 is 23.7 Å². The first-order valence-electron chi connectivity index (χ1n) is 26.2. The number of fused-ring (bicyclic) bond motifs is 1. The molecule has 0 fully saturated rings. The van der Waals surface area contributed by atoms with Gasteiger partial charge >= 0.3 is 23.9 Å². The number of carbonyl (C=O) groups excluding carboxylic acids is 4. The third kappa shape index (κ3) is 18.8. The van der Waals surface area contributed by atoms with Crippen LogP contribution in [0.25, 0.3) is 10.8 Å². The molecule has 0 unspecified atom stereocenters. The minimum atomic E-state index is -0.597. The van der Waals surface area contributed by atoms with Gasteiger partial charge in [0.1, 0.15) is 28.7 Å². The first-order chi connectivity index (χ1) is 34.8. The zero-order valence-electron chi connectivity index (χ0n) is 41.9. The van der Waals surface area contributed by atoms with Crippen LogP contribution in [-0.4, -0.2) is 30.5 Å². The highest BCUT2D eigenvalue weighted by atomic mass is 16.5. The predicted octanol–water partition coefficient (Wildman–Crippen LogP) is 16.5. The second kappa shape index (κ2) is 30.1. The Morgan fingerprint density at radius 1 is 0.310 bits per heavy atom. The van der Waals surface area contributed by atoms with Gasteiger partial charge in [-0.3, -0.25) is 0 Å². The maximum Gasteiger partial charge on any atom is 0.343 e. The van der Waals surface area contributed by atoms with Gasteiger partial charge in [0.2, 0.25) is 0 Å². The molecule has 0 aliphatic heterocycles. The summed E-state index contributed by atoms with van der Waals surface area (Å²) < 4.78 is 28.4. The van der Waals surface area contributed by atoms with Gasteiger partial charge in [-0.25, -0.2) is 19.2 Å². The van der Waals surface area contributed by atoms with Crippen LogP contribution in [-0.2, 0) is 6.42 Å². The van der Waals surface area contributed by atoms with Crippen molar-refractivity contribution in [2.75, 3.05) is 6.61 Å². The lowest BCUT2D eigenvalue weighted by Gasteiger charge is -2.09. The average Bonchev–Trinajstić information content (AvgIpc) is 3.39. The third-order valence-corrected chi connectivity index (χ3v) is 12.7. The van der Waals surface area contributed by atoms with Crippen molar-refractivity contribution < 1.29 is 42.9 Å². The molecule has 9 heteroatoms. The van der Waals surface area contributed by atoms with E-state index < -0.39 is 23.9 Å². The highest BCUT2D eigenvalue weighted by Crippen LogP contribution is 2.27. The molecule has 0 aliphatic rings. The second-order valence-corrected chi connectivity index (χ2v) is 18.5. The Kier molecular flexibility index (Phi) is 22.7. The maximum absolute atomic E-state index is 13.1. The van der Waals surface area contributed by atoms with E-state index >= 15 is 0 Å². The highest BCUT2D eigenvalue weighted by molar-refractivity contribution is 5.95. The summed E-state index contributed by atoms with van der Waals surface area (Å²) in [6.45, 7) is 5.14. The Hall–Kier alpha value is -6.74. The Bertz CT molecular complexity index is 2550. The van der Waals surface area contributed by atoms with Gasteiger partial charge in [-0.2, -0.15) is 0 Å². The van der Waals surface area contributed by atoms with Gasteiger partial charge < -0.3 is 23.7 Å². The van der Waals surface area contributed by atoms with E-state index in [0.29, 0.717) is 46.1 Å². The van der Waals surface area contributed by atoms with Crippen LogP contribution in [0.2, 0.25) is 0 Å². The van der Waals surface area contributed by atoms with E-state index in [9.17, 15) is 19.2 Å². The SMILES string of the molecule is CCCCCCCCCCCCOc1ccc(C(=O)Oc2ccc(C(=O)Oc3ccc4ccc(OC(=O)c5ccc(OC(=O)c6ccc(CCCCCCCCCCCC)cc6)cc5)cc4c3)cc2)cc1. The summed E-state index contributed by atoms with van der Waals surface area (Å²) in [6.07, 6.45) is 26.6. The topological polar surface area (TPSA) is 114 Å². The number of hydrogen-bond acceptors (Lipinski definition) is 9. The van der Waals surface area contributed by atoms with Crippen molar-refractivity contribution in [1.29, 1.82) is 0 Å². The van der Waals surface area contributed by atoms with Crippen molar-refractivity contribution in [3.63, 3.8) is 0 Å². The van der Waals surface area contributed by atoms with E-state index in [1.165, 1.54) is 127 Å². The van der Waals surface area contributed by atoms with E-state index in [1.54, 1.807) is 109 Å². The van der Waals surface area contributed by atoms with Crippen LogP contribution in [0.5, 0.6) is 28.7 Å². The first-order valence-corrected chi connectivity index (χ1v) is 26.2. The monoisotopic (exact) mass is 961 g/mol. The van der Waals surface area contributed by atoms with Crippen molar-refractivity contribution in [1.82, 2.24) is 0 Å². The largest absolute Gasteiger partial charge is 0.494 e. The molecule has 0 amide bonds. The van der Waals surface area contributed by atoms with E-state index in [-0.39, 0.29) is 16.9 Å². The van der Waals surface area contributed by atoms with Crippen LogP contribution in [0.3, 0.4) is 0 Å². The zero-order valence-corrected chi connectivity index (χ0v) is 41.9. The van der Waals surface area contributed by atoms with Gasteiger partial charge in [0, 0.05) is 0 Å². The molecule has 0 atom stereocenters. The number of unbranched alkanes of at least 4 members (excludes halogenated alkanes) is 18. The molecule has 0 heterocycles. The molecule has 0 aromatic heterocycles. The lowest BCUT2D eigenvalue weighted by atomic mass is 10.0. The Morgan fingerprint density at radius 2 is 0.620 bits per heavy atom. The minimum Gasteiger partial charge on any atom is -0.494 e. The van der Waals surface area contributed by atoms with Gasteiger partial charge in [-0.15, -0.1) is 0 Å². The fraction of sp³-hybridized carbons (Fsp3) is 0.387. The number of benzene rings is 6. The number of ether oxygens (including phenoxy) is 5. The lowest BCUT2D eigenvalue weighted by Crippen LogP contribution is -2.10. The minimum absolute atomic E-state index is 0.265. The van der Waals surface area contributed by atoms with Gasteiger partial charge in [0.15, 0.2) is 0 Å². The quantitative estimate of drug-likeness (QED) is 0.0239. The molecule has 0 radical (unpaired) electrons. The fourth-order valence-electron chi connectivity index (χ4n) is 8.40. The molecule has 0 spiro atoms. The molecule has 6 aromatic carbocycles. The van der Waals surface area contributed by atoms with Crippen molar-refractivity contribution >= 4 is 34.6 Å². The summed E-state index contributed by atoms with van der Waals surface area (Å²) >= 11 is 0. The van der Waals surface area contributed by atoms with Crippen LogP contribution >= 0.6 is 0 Å². The number of aryl methyl sites for hydroxylation is 1. The summed E-state index contributed by atoms with van der Waals surface area (Å²) in [4.78, 5) is 52.0. The molecule has 9 nitrogen and oxygen atoms in total. The molecule has 6 rings (SSSR count). The van der Waals surface area contributed by atoms with Crippen molar-refractivity contribution in [3.05, 3.63) is 161 Å². The molecule has 0 bridgehead atoms. The summed E-state index contributed by atoms with van der Waals surface area (Å²) in [5, 5.41) is 1.53. The third-order valence-electron chi connectivity index (χ3n) is 12.7. The van der Waals surface area contributed by atoms with E-state index in [0.717, 1.165) is 31.1 Å². The van der Waals surface area contributed by atoms with Crippen LogP contribution in [0.15, 0.2) is 133 Å². The normalized spacial score (nSPS) is 11.0. The van der Waals surface area contributed by atoms with Gasteiger partial charge in [0.25, 0.3) is 0 Å². The van der Waals surface area contributed by atoms with Crippen molar-refractivity contribution in [3.8, 4) is 28.7 Å². The van der Waals surface area contributed by atoms with Crippen molar-refractivity contribution in [2.45, 2.75) is 149 Å². The Labute approximate surface area is 421 Å². The summed E-state index contributed by atoms with van der Waals surface area (Å²) in [7, 11) is 0. The predicted molar refractivity (Wildman–Crippen MR) is 282 cm³/mol. The van der Waals surface area contributed by atoms with E-state index in [1.807, 2.05) is 12.1 Å². The van der Waals surface area contributed by atoms with Gasteiger partial charge in [0.05, 0.1) is 28.9 Å². The first kappa shape index (κ1) is 53.6. The fourth-order valence-corrected chi connectivity index (χ4v) is 8.40. The molecule has 71 heavy (non-hydrogen) atoms. The zero-order chi connectivity index (χ0) is 49.9. The number of hydrogen-bond donors (Lipinski definition) is 0. The molecular formula is C62H72O9. The van der Waals surface area contributed by atoms with Crippen molar-refractivity contribution in [2.24, 2.45) is 0 Å². The van der Waals surface area contributed by atoms with E-state index in [4.69, 9.17) is 23.7 Å². The van der Waals surface area contributed by atoms with E-state index in [2.05, 4.69) is 13.8 Å². The molecule has 0 saturated carbocycles. The Balaban J connectivity index is 0.895. The standard InChI is InChI=1S/C62H72O9/c1-3-5-7-9-11-13-15-17-19-21-23-47-24-26-49(27-25-47)59(63)68-55-38-32-51(33-39-55)61(65)70-57-42-28-48-29-43-58(46-53(48)45-57)71-62(66)52-34-40-56(41-35-52)69-60(64)50-30-36-54(37-31-50)67-44-22-20-18-16-14-12-10-8-6-4-2/h24-43,45-46H,3-23,44H2,1-2H3. The summed E-state index contributed by atoms with van der Waals surface area (Å²) in [6, 6.07) is 37.2. The molecular weight excluding hydrogens is 889 g/mol. The lowest BCUT2D eigenvalue weighted by molar-refractivity contribution is 0.0720. The number of rotatable bonds is 31. The summed E-state index contributed by atoms with van der Waals surface area (Å²) in [5.41, 5.74) is 2.59. The van der Waals surface area contributed by atoms with Gasteiger partial charge in [-0.05, 0) is 145 Å². The highest BCUT2D eigenvalue weighted by Gasteiger charge is 2.15. The smallest absolute Gasteiger partial charge is 0.343 e.